The number of esters is 1. The van der Waals surface area contributed by atoms with Gasteiger partial charge in [-0.2, -0.15) is 0 Å². The smallest absolute Gasteiger partial charge is 0.307 e. The Balaban J connectivity index is 1.92. The minimum Gasteiger partial charge on any atom is -0.481 e. The predicted molar refractivity (Wildman–Crippen MR) is 88.8 cm³/mol. The van der Waals surface area contributed by atoms with Gasteiger partial charge in [-0.15, -0.1) is 0 Å². The molecule has 25 heavy (non-hydrogen) atoms. The molecule has 2 aromatic rings. The highest BCUT2D eigenvalue weighted by Gasteiger charge is 2.23. The minimum absolute atomic E-state index is 0.0714. The van der Waals surface area contributed by atoms with E-state index in [1.807, 2.05) is 18.2 Å². The lowest BCUT2D eigenvalue weighted by atomic mass is 9.96. The van der Waals surface area contributed by atoms with E-state index >= 15 is 0 Å². The lowest BCUT2D eigenvalue weighted by Gasteiger charge is -2.12. The SMILES string of the molecule is O=C(C[C@@H](Cc1ccc([N+](=O)[O-])cc1)C(=O)O)OCc1ccccc1. The molecule has 130 valence electrons. The number of carboxylic acids is 1. The number of hydrogen-bond acceptors (Lipinski definition) is 5. The summed E-state index contributed by atoms with van der Waals surface area (Å²) in [5.41, 5.74) is 1.35. The van der Waals surface area contributed by atoms with Crippen molar-refractivity contribution in [1.82, 2.24) is 0 Å². The summed E-state index contributed by atoms with van der Waals surface area (Å²) < 4.78 is 5.11. The second kappa shape index (κ2) is 8.58. The zero-order chi connectivity index (χ0) is 18.2. The number of benzene rings is 2. The standard InChI is InChI=1S/C18H17NO6/c20-17(25-12-14-4-2-1-3-5-14)11-15(18(21)22)10-13-6-8-16(9-7-13)19(23)24/h1-9,15H,10-12H2,(H,21,22)/t15-/m1/s1. The maximum atomic E-state index is 11.9. The van der Waals surface area contributed by atoms with Crippen LogP contribution in [0.15, 0.2) is 54.6 Å². The fourth-order valence-corrected chi connectivity index (χ4v) is 2.28. The Kier molecular flexibility index (Phi) is 6.22. The fraction of sp³-hybridized carbons (Fsp3) is 0.222. The summed E-state index contributed by atoms with van der Waals surface area (Å²) in [5, 5.41) is 19.9. The van der Waals surface area contributed by atoms with Crippen molar-refractivity contribution < 1.29 is 24.4 Å². The molecule has 0 saturated heterocycles. The molecular formula is C18H17NO6. The number of rotatable bonds is 8. The average molecular weight is 343 g/mol. The minimum atomic E-state index is -1.12. The molecule has 1 atom stereocenters. The van der Waals surface area contributed by atoms with Crippen molar-refractivity contribution in [2.75, 3.05) is 0 Å². The third-order valence-corrected chi connectivity index (χ3v) is 3.63. The Labute approximate surface area is 144 Å². The van der Waals surface area contributed by atoms with E-state index in [0.29, 0.717) is 5.56 Å². The predicted octanol–water partition coefficient (Wildman–Crippen LogP) is 2.97. The molecule has 7 nitrogen and oxygen atoms in total. The molecule has 0 spiro atoms. The first-order chi connectivity index (χ1) is 12.0. The van der Waals surface area contributed by atoms with Crippen molar-refractivity contribution in [3.63, 3.8) is 0 Å². The molecule has 0 radical (unpaired) electrons. The van der Waals surface area contributed by atoms with Gasteiger partial charge in [0.25, 0.3) is 5.69 Å². The first-order valence-electron chi connectivity index (χ1n) is 7.61. The molecule has 2 rings (SSSR count). The molecule has 0 unspecified atom stereocenters. The molecule has 0 aliphatic carbocycles. The summed E-state index contributed by atoms with van der Waals surface area (Å²) in [4.78, 5) is 33.4. The van der Waals surface area contributed by atoms with Crippen molar-refractivity contribution in [1.29, 1.82) is 0 Å². The number of nitrogens with zero attached hydrogens (tertiary/aromatic N) is 1. The first-order valence-corrected chi connectivity index (χ1v) is 7.61. The molecule has 1 N–H and O–H groups in total. The zero-order valence-corrected chi connectivity index (χ0v) is 13.3. The van der Waals surface area contributed by atoms with Gasteiger partial charge in [0.15, 0.2) is 0 Å². The van der Waals surface area contributed by atoms with Gasteiger partial charge >= 0.3 is 11.9 Å². The van der Waals surface area contributed by atoms with E-state index in [9.17, 15) is 24.8 Å². The summed E-state index contributed by atoms with van der Waals surface area (Å²) in [6.45, 7) is 0.0868. The number of nitro groups is 1. The van der Waals surface area contributed by atoms with Crippen molar-refractivity contribution in [3.8, 4) is 0 Å². The van der Waals surface area contributed by atoms with Crippen molar-refractivity contribution in [2.45, 2.75) is 19.4 Å². The number of carboxylic acid groups (broad SMARTS) is 1. The Hall–Kier alpha value is -3.22. The summed E-state index contributed by atoms with van der Waals surface area (Å²) >= 11 is 0. The summed E-state index contributed by atoms with van der Waals surface area (Å²) in [5.74, 6) is -2.67. The number of nitro benzene ring substituents is 1. The van der Waals surface area contributed by atoms with Crippen LogP contribution in [0, 0.1) is 16.0 Å². The highest BCUT2D eigenvalue weighted by Crippen LogP contribution is 2.18. The number of carbonyl (C=O) groups excluding carboxylic acids is 1. The highest BCUT2D eigenvalue weighted by molar-refractivity contribution is 5.79. The molecule has 0 saturated carbocycles. The zero-order valence-electron chi connectivity index (χ0n) is 13.3. The van der Waals surface area contributed by atoms with Gasteiger partial charge in [-0.25, -0.2) is 0 Å². The average Bonchev–Trinajstić information content (AvgIpc) is 2.60. The van der Waals surface area contributed by atoms with Crippen LogP contribution in [0.2, 0.25) is 0 Å². The van der Waals surface area contributed by atoms with Crippen molar-refractivity contribution >= 4 is 17.6 Å². The van der Waals surface area contributed by atoms with Gasteiger partial charge in [-0.05, 0) is 17.5 Å². The van der Waals surface area contributed by atoms with E-state index < -0.39 is 22.8 Å². The van der Waals surface area contributed by atoms with Crippen LogP contribution in [0.1, 0.15) is 17.5 Å². The van der Waals surface area contributed by atoms with Crippen LogP contribution in [0.4, 0.5) is 5.69 Å². The molecule has 7 heteroatoms. The molecule has 0 fully saturated rings. The van der Waals surface area contributed by atoms with Crippen molar-refractivity contribution in [3.05, 3.63) is 75.8 Å². The van der Waals surface area contributed by atoms with Crippen LogP contribution >= 0.6 is 0 Å². The van der Waals surface area contributed by atoms with E-state index in [1.165, 1.54) is 24.3 Å². The lowest BCUT2D eigenvalue weighted by molar-refractivity contribution is -0.384. The lowest BCUT2D eigenvalue weighted by Crippen LogP contribution is -2.21. The monoisotopic (exact) mass is 343 g/mol. The number of ether oxygens (including phenoxy) is 1. The summed E-state index contributed by atoms with van der Waals surface area (Å²) in [7, 11) is 0. The molecule has 0 aromatic heterocycles. The molecular weight excluding hydrogens is 326 g/mol. The summed E-state index contributed by atoms with van der Waals surface area (Å²) in [6.07, 6.45) is -0.174. The number of non-ortho nitro benzene ring substituents is 1. The Bertz CT molecular complexity index is 742. The summed E-state index contributed by atoms with van der Waals surface area (Å²) in [6, 6.07) is 14.7. The van der Waals surface area contributed by atoms with Gasteiger partial charge in [0.1, 0.15) is 6.61 Å². The number of carbonyl (C=O) groups is 2. The maximum absolute atomic E-state index is 11.9. The van der Waals surface area contributed by atoms with E-state index in [2.05, 4.69) is 0 Å². The number of hydrogen-bond donors (Lipinski definition) is 1. The quantitative estimate of drug-likeness (QED) is 0.448. The fourth-order valence-electron chi connectivity index (χ4n) is 2.28. The molecule has 0 aliphatic heterocycles. The molecule has 0 bridgehead atoms. The normalized spacial score (nSPS) is 11.5. The van der Waals surface area contributed by atoms with Gasteiger partial charge in [0.05, 0.1) is 17.3 Å². The Morgan fingerprint density at radius 1 is 1.04 bits per heavy atom. The van der Waals surface area contributed by atoms with Gasteiger partial charge in [0, 0.05) is 12.1 Å². The maximum Gasteiger partial charge on any atom is 0.307 e. The first kappa shape index (κ1) is 18.1. The molecule has 0 aliphatic rings. The topological polar surface area (TPSA) is 107 Å². The van der Waals surface area contributed by atoms with Crippen LogP contribution in [0.3, 0.4) is 0 Å². The van der Waals surface area contributed by atoms with Crippen LogP contribution in [0.5, 0.6) is 0 Å². The number of aliphatic carboxylic acids is 1. The van der Waals surface area contributed by atoms with Gasteiger partial charge < -0.3 is 9.84 Å². The Morgan fingerprint density at radius 2 is 1.68 bits per heavy atom. The van der Waals surface area contributed by atoms with Crippen molar-refractivity contribution in [2.24, 2.45) is 5.92 Å². The second-order valence-corrected chi connectivity index (χ2v) is 5.51. The van der Waals surface area contributed by atoms with Crippen LogP contribution < -0.4 is 0 Å². The molecule has 0 heterocycles. The molecule has 2 aromatic carbocycles. The van der Waals surface area contributed by atoms with E-state index in [0.717, 1.165) is 5.56 Å². The van der Waals surface area contributed by atoms with E-state index in [1.54, 1.807) is 12.1 Å². The van der Waals surface area contributed by atoms with Gasteiger partial charge in [-0.3, -0.25) is 19.7 Å². The Morgan fingerprint density at radius 3 is 2.24 bits per heavy atom. The van der Waals surface area contributed by atoms with Crippen LogP contribution in [0.25, 0.3) is 0 Å². The van der Waals surface area contributed by atoms with Crippen LogP contribution in [-0.2, 0) is 27.4 Å². The largest absolute Gasteiger partial charge is 0.481 e. The van der Waals surface area contributed by atoms with E-state index in [4.69, 9.17) is 4.74 Å². The van der Waals surface area contributed by atoms with E-state index in [-0.39, 0.29) is 25.1 Å². The highest BCUT2D eigenvalue weighted by atomic mass is 16.6. The van der Waals surface area contributed by atoms with Crippen LogP contribution in [-0.4, -0.2) is 22.0 Å². The van der Waals surface area contributed by atoms with Gasteiger partial charge in [-0.1, -0.05) is 42.5 Å². The van der Waals surface area contributed by atoms with Gasteiger partial charge in [0.2, 0.25) is 0 Å². The third kappa shape index (κ3) is 5.72. The second-order valence-electron chi connectivity index (χ2n) is 5.51. The molecule has 0 amide bonds. The third-order valence-electron chi connectivity index (χ3n) is 3.63.